The van der Waals surface area contributed by atoms with Gasteiger partial charge in [0.25, 0.3) is 0 Å². The highest BCUT2D eigenvalue weighted by molar-refractivity contribution is 7.92. The van der Waals surface area contributed by atoms with E-state index in [2.05, 4.69) is 5.32 Å². The molecule has 2 atom stereocenters. The number of rotatable bonds is 10. The van der Waals surface area contributed by atoms with Crippen LogP contribution in [0.5, 0.6) is 0 Å². The Bertz CT molecular complexity index is 1120. The fourth-order valence-electron chi connectivity index (χ4n) is 3.30. The van der Waals surface area contributed by atoms with E-state index in [9.17, 15) is 18.0 Å². The SMILES string of the molecule is CCC(C)NC(=O)C(C)N(Cc1c(Cl)cccc1Cl)C(=O)CN(c1cccc(C)c1)S(C)(=O)=O. The summed E-state index contributed by atoms with van der Waals surface area (Å²) in [5.74, 6) is -0.915. The summed E-state index contributed by atoms with van der Waals surface area (Å²) in [6, 6.07) is 10.8. The molecule has 0 bridgehead atoms. The molecule has 2 unspecified atom stereocenters. The van der Waals surface area contributed by atoms with Crippen LogP contribution in [0.3, 0.4) is 0 Å². The predicted molar refractivity (Wildman–Crippen MR) is 138 cm³/mol. The van der Waals surface area contributed by atoms with Gasteiger partial charge in [-0.05, 0) is 57.0 Å². The predicted octanol–water partition coefficient (Wildman–Crippen LogP) is 4.40. The van der Waals surface area contributed by atoms with E-state index in [-0.39, 0.29) is 18.5 Å². The first-order chi connectivity index (χ1) is 15.8. The van der Waals surface area contributed by atoms with Crippen molar-refractivity contribution in [1.82, 2.24) is 10.2 Å². The molecule has 2 aromatic rings. The fraction of sp³-hybridized carbons (Fsp3) is 0.417. The van der Waals surface area contributed by atoms with Gasteiger partial charge in [0.15, 0.2) is 0 Å². The van der Waals surface area contributed by atoms with Gasteiger partial charge in [-0.2, -0.15) is 0 Å². The van der Waals surface area contributed by atoms with E-state index < -0.39 is 28.5 Å². The summed E-state index contributed by atoms with van der Waals surface area (Å²) in [6.45, 7) is 6.69. The van der Waals surface area contributed by atoms with Crippen LogP contribution in [0.15, 0.2) is 42.5 Å². The minimum Gasteiger partial charge on any atom is -0.352 e. The summed E-state index contributed by atoms with van der Waals surface area (Å²) >= 11 is 12.7. The lowest BCUT2D eigenvalue weighted by atomic mass is 10.1. The van der Waals surface area contributed by atoms with Crippen LogP contribution < -0.4 is 9.62 Å². The zero-order valence-corrected chi connectivity index (χ0v) is 22.3. The Labute approximate surface area is 212 Å². The van der Waals surface area contributed by atoms with Crippen molar-refractivity contribution in [3.8, 4) is 0 Å². The van der Waals surface area contributed by atoms with E-state index in [0.29, 0.717) is 21.3 Å². The van der Waals surface area contributed by atoms with Gasteiger partial charge in [0.1, 0.15) is 12.6 Å². The molecule has 0 saturated heterocycles. The van der Waals surface area contributed by atoms with Crippen molar-refractivity contribution in [3.63, 3.8) is 0 Å². The van der Waals surface area contributed by atoms with Crippen molar-refractivity contribution in [1.29, 1.82) is 0 Å². The monoisotopic (exact) mass is 527 g/mol. The molecule has 0 aliphatic heterocycles. The van der Waals surface area contributed by atoms with Gasteiger partial charge in [-0.25, -0.2) is 8.42 Å². The van der Waals surface area contributed by atoms with E-state index in [1.165, 1.54) is 4.90 Å². The zero-order valence-electron chi connectivity index (χ0n) is 20.0. The third-order valence-electron chi connectivity index (χ3n) is 5.53. The molecule has 2 amide bonds. The summed E-state index contributed by atoms with van der Waals surface area (Å²) in [4.78, 5) is 27.8. The molecular weight excluding hydrogens is 497 g/mol. The second kappa shape index (κ2) is 11.9. The molecule has 0 aliphatic rings. The number of anilines is 1. The van der Waals surface area contributed by atoms with Crippen LogP contribution in [0.2, 0.25) is 10.0 Å². The van der Waals surface area contributed by atoms with Gasteiger partial charge in [-0.1, -0.05) is 48.3 Å². The zero-order chi connectivity index (χ0) is 25.6. The molecule has 10 heteroatoms. The van der Waals surface area contributed by atoms with Crippen molar-refractivity contribution < 1.29 is 18.0 Å². The van der Waals surface area contributed by atoms with Crippen LogP contribution in [-0.2, 0) is 26.2 Å². The topological polar surface area (TPSA) is 86.8 Å². The van der Waals surface area contributed by atoms with Gasteiger partial charge in [0, 0.05) is 28.2 Å². The molecule has 0 fully saturated rings. The number of sulfonamides is 1. The van der Waals surface area contributed by atoms with Gasteiger partial charge in [-0.15, -0.1) is 0 Å². The normalized spacial score (nSPS) is 13.1. The molecule has 0 spiro atoms. The Morgan fingerprint density at radius 2 is 1.65 bits per heavy atom. The number of nitrogens with zero attached hydrogens (tertiary/aromatic N) is 2. The summed E-state index contributed by atoms with van der Waals surface area (Å²) in [5, 5.41) is 3.56. The molecule has 2 aromatic carbocycles. The number of hydrogen-bond acceptors (Lipinski definition) is 4. The third kappa shape index (κ3) is 7.35. The van der Waals surface area contributed by atoms with Gasteiger partial charge in [0.05, 0.1) is 11.9 Å². The maximum atomic E-state index is 13.5. The Morgan fingerprint density at radius 3 is 2.18 bits per heavy atom. The van der Waals surface area contributed by atoms with Gasteiger partial charge in [-0.3, -0.25) is 13.9 Å². The molecule has 0 aromatic heterocycles. The fourth-order valence-corrected chi connectivity index (χ4v) is 4.66. The quantitative estimate of drug-likeness (QED) is 0.495. The van der Waals surface area contributed by atoms with E-state index in [4.69, 9.17) is 23.2 Å². The molecule has 186 valence electrons. The molecule has 1 N–H and O–H groups in total. The van der Waals surface area contributed by atoms with Crippen LogP contribution in [0, 0.1) is 6.92 Å². The molecular formula is C24H31Cl2N3O4S. The Balaban J connectivity index is 2.45. The van der Waals surface area contributed by atoms with Gasteiger partial charge < -0.3 is 10.2 Å². The second-order valence-electron chi connectivity index (χ2n) is 8.32. The van der Waals surface area contributed by atoms with Crippen molar-refractivity contribution in [2.45, 2.75) is 52.7 Å². The first kappa shape index (κ1) is 28.0. The van der Waals surface area contributed by atoms with E-state index in [1.807, 2.05) is 26.8 Å². The van der Waals surface area contributed by atoms with Crippen molar-refractivity contribution in [2.24, 2.45) is 0 Å². The molecule has 0 radical (unpaired) electrons. The number of aryl methyl sites for hydroxylation is 1. The smallest absolute Gasteiger partial charge is 0.244 e. The maximum Gasteiger partial charge on any atom is 0.244 e. The first-order valence-electron chi connectivity index (χ1n) is 10.9. The van der Waals surface area contributed by atoms with Gasteiger partial charge in [0.2, 0.25) is 21.8 Å². The van der Waals surface area contributed by atoms with Crippen LogP contribution in [0.4, 0.5) is 5.69 Å². The minimum atomic E-state index is -3.79. The molecule has 7 nitrogen and oxygen atoms in total. The molecule has 2 rings (SSSR count). The summed E-state index contributed by atoms with van der Waals surface area (Å²) in [7, 11) is -3.79. The number of hydrogen-bond donors (Lipinski definition) is 1. The molecule has 0 aliphatic carbocycles. The van der Waals surface area contributed by atoms with Crippen LogP contribution in [0.1, 0.15) is 38.3 Å². The number of benzene rings is 2. The van der Waals surface area contributed by atoms with Crippen molar-refractivity contribution in [2.75, 3.05) is 17.1 Å². The number of halogens is 2. The maximum absolute atomic E-state index is 13.5. The first-order valence-corrected chi connectivity index (χ1v) is 13.5. The largest absolute Gasteiger partial charge is 0.352 e. The minimum absolute atomic E-state index is 0.0577. The average Bonchev–Trinajstić information content (AvgIpc) is 2.75. The van der Waals surface area contributed by atoms with E-state index >= 15 is 0 Å². The average molecular weight is 529 g/mol. The molecule has 34 heavy (non-hydrogen) atoms. The van der Waals surface area contributed by atoms with Crippen LogP contribution >= 0.6 is 23.2 Å². The highest BCUT2D eigenvalue weighted by atomic mass is 35.5. The molecule has 0 saturated carbocycles. The lowest BCUT2D eigenvalue weighted by Crippen LogP contribution is -2.52. The third-order valence-corrected chi connectivity index (χ3v) is 7.38. The summed E-state index contributed by atoms with van der Waals surface area (Å²) in [5.41, 5.74) is 1.69. The standard InChI is InChI=1S/C24H31Cl2N3O4S/c1-6-17(3)27-24(31)18(4)28(14-20-21(25)11-8-12-22(20)26)23(30)15-29(34(5,32)33)19-10-7-9-16(2)13-19/h7-13,17-18H,6,14-15H2,1-5H3,(H,27,31). The highest BCUT2D eigenvalue weighted by Crippen LogP contribution is 2.27. The lowest BCUT2D eigenvalue weighted by Gasteiger charge is -2.32. The number of amides is 2. The second-order valence-corrected chi connectivity index (χ2v) is 11.0. The van der Waals surface area contributed by atoms with Crippen molar-refractivity contribution in [3.05, 3.63) is 63.6 Å². The molecule has 0 heterocycles. The Morgan fingerprint density at radius 1 is 1.06 bits per heavy atom. The number of carbonyl (C=O) groups excluding carboxylic acids is 2. The van der Waals surface area contributed by atoms with Crippen molar-refractivity contribution >= 4 is 50.7 Å². The van der Waals surface area contributed by atoms with E-state index in [0.717, 1.165) is 22.5 Å². The van der Waals surface area contributed by atoms with Crippen LogP contribution in [0.25, 0.3) is 0 Å². The van der Waals surface area contributed by atoms with Crippen LogP contribution in [-0.4, -0.2) is 50.0 Å². The van der Waals surface area contributed by atoms with Gasteiger partial charge >= 0.3 is 0 Å². The number of carbonyl (C=O) groups is 2. The summed E-state index contributed by atoms with van der Waals surface area (Å²) < 4.78 is 26.2. The number of nitrogens with one attached hydrogen (secondary N) is 1. The Kier molecular flexibility index (Phi) is 9.79. The highest BCUT2D eigenvalue weighted by Gasteiger charge is 2.31. The lowest BCUT2D eigenvalue weighted by molar-refractivity contribution is -0.139. The summed E-state index contributed by atoms with van der Waals surface area (Å²) in [6.07, 6.45) is 1.76. The Hall–Kier alpha value is -2.29. The van der Waals surface area contributed by atoms with E-state index in [1.54, 1.807) is 43.3 Å².